The Labute approximate surface area is 192 Å². The Bertz CT molecular complexity index is 1250. The Balaban J connectivity index is 1.81. The fourth-order valence-electron chi connectivity index (χ4n) is 4.09. The molecule has 2 aliphatic heterocycles. The molecule has 2 heterocycles. The molecule has 0 saturated heterocycles. The van der Waals surface area contributed by atoms with Crippen molar-refractivity contribution in [3.63, 3.8) is 0 Å². The number of aliphatic imine (C=N–C) groups is 1. The van der Waals surface area contributed by atoms with Gasteiger partial charge in [0.05, 0.1) is 31.2 Å². The van der Waals surface area contributed by atoms with Crippen molar-refractivity contribution in [1.82, 2.24) is 5.32 Å². The quantitative estimate of drug-likeness (QED) is 0.537. The van der Waals surface area contributed by atoms with Crippen LogP contribution in [0.25, 0.3) is 0 Å². The number of carbonyl (C=O) groups excluding carboxylic acids is 2. The van der Waals surface area contributed by atoms with Gasteiger partial charge >= 0.3 is 0 Å². The maximum atomic E-state index is 12.9. The molecule has 7 heteroatoms. The van der Waals surface area contributed by atoms with E-state index in [4.69, 9.17) is 14.5 Å². The zero-order valence-electron chi connectivity index (χ0n) is 19.3. The topological polar surface area (TPSA) is 97.2 Å². The van der Waals surface area contributed by atoms with E-state index in [9.17, 15) is 14.7 Å². The van der Waals surface area contributed by atoms with E-state index in [1.807, 2.05) is 39.0 Å². The van der Waals surface area contributed by atoms with Crippen molar-refractivity contribution in [3.05, 3.63) is 81.8 Å². The number of fused-ring (bicyclic) bond motifs is 1. The highest BCUT2D eigenvalue weighted by Gasteiger charge is 2.37. The van der Waals surface area contributed by atoms with Crippen LogP contribution in [0.5, 0.6) is 11.5 Å². The number of nitrogens with zero attached hydrogens (tertiary/aromatic N) is 1. The molecule has 2 aromatic rings. The first-order valence-electron chi connectivity index (χ1n) is 10.6. The number of nitrogens with one attached hydrogen (secondary N) is 1. The zero-order valence-corrected chi connectivity index (χ0v) is 19.3. The summed E-state index contributed by atoms with van der Waals surface area (Å²) in [6, 6.07) is 10.7. The monoisotopic (exact) mass is 446 g/mol. The van der Waals surface area contributed by atoms with Crippen molar-refractivity contribution < 1.29 is 24.2 Å². The first-order valence-corrected chi connectivity index (χ1v) is 10.6. The standard InChI is InChI=1S/C26H26N2O5/c1-14-6-8-15(9-7-14)19(29)12-18-24(30)22(25(31)27-18)23-17-11-21(33-5)20(32-4)10-16(17)13-26(2,3)28-23/h6-12,30H,13H2,1-5H3,(H,27,31)/b18-12-. The number of carbonyl (C=O) groups is 2. The van der Waals surface area contributed by atoms with Crippen LogP contribution in [-0.2, 0) is 11.2 Å². The lowest BCUT2D eigenvalue weighted by molar-refractivity contribution is -0.115. The number of amides is 1. The van der Waals surface area contributed by atoms with Crippen LogP contribution in [0, 0.1) is 6.92 Å². The predicted octanol–water partition coefficient (Wildman–Crippen LogP) is 3.84. The summed E-state index contributed by atoms with van der Waals surface area (Å²) < 4.78 is 10.9. The summed E-state index contributed by atoms with van der Waals surface area (Å²) in [6.45, 7) is 5.84. The van der Waals surface area contributed by atoms with Gasteiger partial charge in [0.1, 0.15) is 5.57 Å². The summed E-state index contributed by atoms with van der Waals surface area (Å²) >= 11 is 0. The summed E-state index contributed by atoms with van der Waals surface area (Å²) in [7, 11) is 3.10. The Morgan fingerprint density at radius 1 is 1.12 bits per heavy atom. The smallest absolute Gasteiger partial charge is 0.261 e. The average Bonchev–Trinajstić information content (AvgIpc) is 3.04. The number of aliphatic hydroxyl groups excluding tert-OH is 1. The van der Waals surface area contributed by atoms with Crippen LogP contribution in [0.3, 0.4) is 0 Å². The molecule has 4 rings (SSSR count). The lowest BCUT2D eigenvalue weighted by atomic mass is 9.84. The Kier molecular flexibility index (Phi) is 5.57. The van der Waals surface area contributed by atoms with Crippen molar-refractivity contribution in [2.45, 2.75) is 32.7 Å². The summed E-state index contributed by atoms with van der Waals surface area (Å²) in [5, 5.41) is 13.6. The molecule has 2 N–H and O–H groups in total. The number of aliphatic hydroxyl groups is 1. The fraction of sp³-hybridized carbons (Fsp3) is 0.269. The largest absolute Gasteiger partial charge is 0.505 e. The summed E-state index contributed by atoms with van der Waals surface area (Å²) in [5.41, 5.74) is 3.00. The van der Waals surface area contributed by atoms with Crippen molar-refractivity contribution in [2.75, 3.05) is 14.2 Å². The summed E-state index contributed by atoms with van der Waals surface area (Å²) in [5.74, 6) is -0.0831. The molecule has 0 fully saturated rings. The van der Waals surface area contributed by atoms with Crippen LogP contribution >= 0.6 is 0 Å². The van der Waals surface area contributed by atoms with Gasteiger partial charge in [-0.2, -0.15) is 0 Å². The Hall–Kier alpha value is -3.87. The molecule has 2 aromatic carbocycles. The van der Waals surface area contributed by atoms with E-state index in [1.54, 1.807) is 25.3 Å². The third-order valence-corrected chi connectivity index (χ3v) is 5.72. The van der Waals surface area contributed by atoms with Crippen LogP contribution in [0.4, 0.5) is 0 Å². The van der Waals surface area contributed by atoms with Gasteiger partial charge in [0.15, 0.2) is 23.0 Å². The summed E-state index contributed by atoms with van der Waals surface area (Å²) in [6.07, 6.45) is 1.85. The van der Waals surface area contributed by atoms with E-state index in [0.29, 0.717) is 34.8 Å². The number of aryl methyl sites for hydroxylation is 1. The van der Waals surface area contributed by atoms with Crippen molar-refractivity contribution in [1.29, 1.82) is 0 Å². The van der Waals surface area contributed by atoms with E-state index in [1.165, 1.54) is 13.2 Å². The van der Waals surface area contributed by atoms with E-state index in [0.717, 1.165) is 11.1 Å². The van der Waals surface area contributed by atoms with Crippen LogP contribution in [0.1, 0.15) is 40.9 Å². The molecule has 0 aliphatic carbocycles. The number of ether oxygens (including phenoxy) is 2. The second-order valence-electron chi connectivity index (χ2n) is 8.78. The van der Waals surface area contributed by atoms with Crippen molar-refractivity contribution in [3.8, 4) is 11.5 Å². The maximum absolute atomic E-state index is 12.9. The van der Waals surface area contributed by atoms with Crippen molar-refractivity contribution >= 4 is 17.4 Å². The van der Waals surface area contributed by atoms with Crippen LogP contribution < -0.4 is 14.8 Å². The maximum Gasteiger partial charge on any atom is 0.261 e. The molecule has 33 heavy (non-hydrogen) atoms. The Morgan fingerprint density at radius 2 is 1.76 bits per heavy atom. The molecule has 1 amide bonds. The number of hydrogen-bond donors (Lipinski definition) is 2. The minimum absolute atomic E-state index is 0.0270. The van der Waals surface area contributed by atoms with Crippen molar-refractivity contribution in [2.24, 2.45) is 4.99 Å². The Morgan fingerprint density at radius 3 is 2.39 bits per heavy atom. The summed E-state index contributed by atoms with van der Waals surface area (Å²) in [4.78, 5) is 30.4. The van der Waals surface area contributed by atoms with Crippen LogP contribution in [0.15, 0.2) is 64.5 Å². The molecule has 0 atom stereocenters. The average molecular weight is 447 g/mol. The highest BCUT2D eigenvalue weighted by atomic mass is 16.5. The van der Waals surface area contributed by atoms with Gasteiger partial charge in [0.2, 0.25) is 0 Å². The molecule has 0 bridgehead atoms. The fourth-order valence-corrected chi connectivity index (χ4v) is 4.09. The highest BCUT2D eigenvalue weighted by Crippen LogP contribution is 2.38. The first kappa shape index (κ1) is 22.3. The van der Waals surface area contributed by atoms with Crippen LogP contribution in [-0.4, -0.2) is 42.3 Å². The number of hydrogen-bond acceptors (Lipinski definition) is 6. The number of allylic oxidation sites excluding steroid dienone is 1. The van der Waals surface area contributed by atoms with Gasteiger partial charge in [-0.1, -0.05) is 29.8 Å². The molecule has 0 aromatic heterocycles. The van der Waals surface area contributed by atoms with Gasteiger partial charge in [-0.25, -0.2) is 0 Å². The SMILES string of the molecule is COc1cc2c(cc1OC)C(C1=C(O)/C(=C/C(=O)c3ccc(C)cc3)NC1=O)=NC(C)(C)C2. The molecular weight excluding hydrogens is 420 g/mol. The van der Waals surface area contributed by atoms with Gasteiger partial charge in [-0.05, 0) is 44.9 Å². The van der Waals surface area contributed by atoms with Gasteiger partial charge < -0.3 is 19.9 Å². The lowest BCUT2D eigenvalue weighted by Gasteiger charge is -2.30. The molecule has 0 spiro atoms. The third kappa shape index (κ3) is 4.14. The number of methoxy groups -OCH3 is 2. The van der Waals surface area contributed by atoms with Gasteiger partial charge in [0, 0.05) is 17.2 Å². The minimum atomic E-state index is -0.521. The third-order valence-electron chi connectivity index (χ3n) is 5.72. The number of ketones is 1. The molecule has 7 nitrogen and oxygen atoms in total. The first-order chi connectivity index (χ1) is 15.6. The number of benzene rings is 2. The molecule has 0 radical (unpaired) electrons. The van der Waals surface area contributed by atoms with Gasteiger partial charge in [0.25, 0.3) is 5.91 Å². The molecule has 2 aliphatic rings. The molecule has 0 saturated carbocycles. The normalized spacial score (nSPS) is 18.0. The minimum Gasteiger partial charge on any atom is -0.505 e. The number of rotatable bonds is 5. The molecular formula is C26H26N2O5. The second kappa shape index (κ2) is 8.24. The van der Waals surface area contributed by atoms with E-state index in [2.05, 4.69) is 5.32 Å². The van der Waals surface area contributed by atoms with E-state index >= 15 is 0 Å². The molecule has 170 valence electrons. The second-order valence-corrected chi connectivity index (χ2v) is 8.78. The van der Waals surface area contributed by atoms with Gasteiger partial charge in [-0.3, -0.25) is 14.6 Å². The highest BCUT2D eigenvalue weighted by molar-refractivity contribution is 6.31. The van der Waals surface area contributed by atoms with E-state index < -0.39 is 11.4 Å². The van der Waals surface area contributed by atoms with Gasteiger partial charge in [-0.15, -0.1) is 0 Å². The lowest BCUT2D eigenvalue weighted by Crippen LogP contribution is -2.32. The van der Waals surface area contributed by atoms with E-state index in [-0.39, 0.29) is 22.8 Å². The molecule has 0 unspecified atom stereocenters. The zero-order chi connectivity index (χ0) is 23.9. The van der Waals surface area contributed by atoms with Crippen LogP contribution in [0.2, 0.25) is 0 Å². The predicted molar refractivity (Wildman–Crippen MR) is 125 cm³/mol.